The van der Waals surface area contributed by atoms with E-state index in [1.165, 1.54) is 48.7 Å². The minimum absolute atomic E-state index is 0.0514. The zero-order chi connectivity index (χ0) is 29.4. The molecule has 2 aromatic heterocycles. The summed E-state index contributed by atoms with van der Waals surface area (Å²) in [5, 5.41) is 3.48. The number of carbonyl (C=O) groups is 1. The maximum absolute atomic E-state index is 14.2. The molecule has 1 aliphatic rings. The monoisotopic (exact) mass is 604 g/mol. The SMILES string of the molecule is C=S1CCC(C(=O)N(C)[C@@H](c2ccc(Nc3cnc4sc(C)nc4c3[C@H](CC)C(F)(F)F)cc2)C(F)(F)F)CC1. The quantitative estimate of drug-likeness (QED) is 0.220. The van der Waals surface area contributed by atoms with Crippen molar-refractivity contribution in [1.82, 2.24) is 14.9 Å². The number of pyridine rings is 1. The predicted octanol–water partition coefficient (Wildman–Crippen LogP) is 7.97. The van der Waals surface area contributed by atoms with Crippen LogP contribution in [-0.4, -0.2) is 57.6 Å². The smallest absolute Gasteiger partial charge is 0.354 e. The summed E-state index contributed by atoms with van der Waals surface area (Å²) in [5.74, 6) is 2.60. The molecule has 0 unspecified atom stereocenters. The molecular formula is C27H30F6N4OS2. The number of carbonyl (C=O) groups excluding carboxylic acids is 1. The Morgan fingerprint density at radius 2 is 1.77 bits per heavy atom. The van der Waals surface area contributed by atoms with Gasteiger partial charge in [-0.3, -0.25) is 4.79 Å². The Balaban J connectivity index is 1.64. The fraction of sp³-hybridized carbons (Fsp3) is 0.481. The highest BCUT2D eigenvalue weighted by molar-refractivity contribution is 8.14. The normalized spacial score (nSPS) is 19.8. The third-order valence-corrected chi connectivity index (χ3v) is 9.64. The molecule has 1 aromatic carbocycles. The molecule has 3 heterocycles. The van der Waals surface area contributed by atoms with Crippen LogP contribution in [0.25, 0.3) is 10.3 Å². The van der Waals surface area contributed by atoms with Crippen molar-refractivity contribution in [3.63, 3.8) is 0 Å². The second-order valence-electron chi connectivity index (χ2n) is 9.91. The number of anilines is 2. The van der Waals surface area contributed by atoms with Crippen LogP contribution in [0.1, 0.15) is 54.3 Å². The highest BCUT2D eigenvalue weighted by Crippen LogP contribution is 2.45. The summed E-state index contributed by atoms with van der Waals surface area (Å²) >= 11 is 1.18. The molecule has 4 rings (SSSR count). The van der Waals surface area contributed by atoms with Gasteiger partial charge in [0.2, 0.25) is 5.91 Å². The third kappa shape index (κ3) is 6.45. The summed E-state index contributed by atoms with van der Waals surface area (Å²) in [7, 11) is 1.10. The maximum Gasteiger partial charge on any atom is 0.413 e. The van der Waals surface area contributed by atoms with Crippen LogP contribution >= 0.6 is 21.8 Å². The first-order valence-corrected chi connectivity index (χ1v) is 15.3. The van der Waals surface area contributed by atoms with Gasteiger partial charge in [-0.25, -0.2) is 9.97 Å². The lowest BCUT2D eigenvalue weighted by molar-refractivity contribution is -0.190. The summed E-state index contributed by atoms with van der Waals surface area (Å²) in [4.78, 5) is 22.7. The van der Waals surface area contributed by atoms with Crippen molar-refractivity contribution in [2.45, 2.75) is 57.4 Å². The van der Waals surface area contributed by atoms with E-state index in [-0.39, 0.29) is 44.9 Å². The lowest BCUT2D eigenvalue weighted by Crippen LogP contribution is -2.43. The molecule has 1 fully saturated rings. The highest BCUT2D eigenvalue weighted by atomic mass is 32.2. The number of amides is 1. The van der Waals surface area contributed by atoms with Crippen LogP contribution in [0.5, 0.6) is 0 Å². The van der Waals surface area contributed by atoms with Crippen LogP contribution in [0.4, 0.5) is 37.7 Å². The molecule has 2 atom stereocenters. The fourth-order valence-electron chi connectivity index (χ4n) is 5.11. The molecule has 0 spiro atoms. The second kappa shape index (κ2) is 11.7. The van der Waals surface area contributed by atoms with E-state index in [1.54, 1.807) is 6.92 Å². The Morgan fingerprint density at radius 1 is 1.15 bits per heavy atom. The van der Waals surface area contributed by atoms with Crippen molar-refractivity contribution in [3.05, 3.63) is 46.6 Å². The van der Waals surface area contributed by atoms with Crippen LogP contribution in [0, 0.1) is 12.8 Å². The first-order valence-electron chi connectivity index (χ1n) is 12.7. The number of nitrogens with zero attached hydrogens (tertiary/aromatic N) is 3. The van der Waals surface area contributed by atoms with Gasteiger partial charge in [-0.1, -0.05) is 36.3 Å². The Kier molecular flexibility index (Phi) is 8.84. The molecule has 218 valence electrons. The Morgan fingerprint density at radius 3 is 2.33 bits per heavy atom. The number of hydrogen-bond donors (Lipinski definition) is 1. The molecule has 0 radical (unpaired) electrons. The summed E-state index contributed by atoms with van der Waals surface area (Å²) < 4.78 is 84.6. The predicted molar refractivity (Wildman–Crippen MR) is 150 cm³/mol. The molecule has 13 heteroatoms. The second-order valence-corrected chi connectivity index (χ2v) is 13.1. The number of rotatable bonds is 7. The van der Waals surface area contributed by atoms with Gasteiger partial charge in [0.15, 0.2) is 6.04 Å². The number of fused-ring (bicyclic) bond motifs is 1. The summed E-state index contributed by atoms with van der Waals surface area (Å²) in [5.41, 5.74) is 0.312. The van der Waals surface area contributed by atoms with Gasteiger partial charge in [-0.2, -0.15) is 36.8 Å². The van der Waals surface area contributed by atoms with Crippen molar-refractivity contribution in [2.75, 3.05) is 23.9 Å². The van der Waals surface area contributed by atoms with Crippen molar-refractivity contribution < 1.29 is 31.1 Å². The molecule has 5 nitrogen and oxygen atoms in total. The first-order chi connectivity index (χ1) is 18.7. The summed E-state index contributed by atoms with van der Waals surface area (Å²) in [6.45, 7) is 3.12. The molecule has 1 amide bonds. The summed E-state index contributed by atoms with van der Waals surface area (Å²) in [6, 6.07) is 3.03. The lowest BCUT2D eigenvalue weighted by atomic mass is 9.94. The van der Waals surface area contributed by atoms with E-state index in [0.717, 1.165) is 23.5 Å². The Labute approximate surface area is 234 Å². The van der Waals surface area contributed by atoms with E-state index in [1.807, 2.05) is 0 Å². The van der Waals surface area contributed by atoms with Gasteiger partial charge in [0.05, 0.1) is 22.8 Å². The van der Waals surface area contributed by atoms with Crippen molar-refractivity contribution in [3.8, 4) is 0 Å². The number of nitrogens with one attached hydrogen (secondary N) is 1. The molecule has 0 bridgehead atoms. The van der Waals surface area contributed by atoms with Crippen LogP contribution < -0.4 is 5.32 Å². The van der Waals surface area contributed by atoms with E-state index in [2.05, 4.69) is 21.2 Å². The van der Waals surface area contributed by atoms with E-state index in [9.17, 15) is 31.1 Å². The van der Waals surface area contributed by atoms with E-state index in [4.69, 9.17) is 0 Å². The zero-order valence-electron chi connectivity index (χ0n) is 22.2. The number of aryl methyl sites for hydroxylation is 1. The van der Waals surface area contributed by atoms with Crippen LogP contribution in [0.3, 0.4) is 0 Å². The van der Waals surface area contributed by atoms with Gasteiger partial charge in [0.25, 0.3) is 0 Å². The topological polar surface area (TPSA) is 58.1 Å². The average Bonchev–Trinajstić information content (AvgIpc) is 3.25. The van der Waals surface area contributed by atoms with Gasteiger partial charge in [-0.05, 0) is 55.4 Å². The molecule has 1 saturated heterocycles. The van der Waals surface area contributed by atoms with Gasteiger partial charge in [-0.15, -0.1) is 0 Å². The van der Waals surface area contributed by atoms with Gasteiger partial charge in [0.1, 0.15) is 10.3 Å². The van der Waals surface area contributed by atoms with E-state index >= 15 is 0 Å². The third-order valence-electron chi connectivity index (χ3n) is 7.13. The number of halogens is 6. The first kappa shape index (κ1) is 30.3. The molecule has 3 aromatic rings. The lowest BCUT2D eigenvalue weighted by Gasteiger charge is -2.34. The number of thiazole rings is 1. The zero-order valence-corrected chi connectivity index (χ0v) is 23.8. The van der Waals surface area contributed by atoms with Gasteiger partial charge >= 0.3 is 12.4 Å². The minimum atomic E-state index is -4.73. The highest BCUT2D eigenvalue weighted by Gasteiger charge is 2.46. The standard InChI is InChI=1S/C27H30F6N4OS2/c1-5-19(26(28,29)30)21-20(14-34-24-22(21)35-15(2)39-24)36-18-8-6-16(7-9-18)23(27(31,32)33)37(3)25(38)17-10-12-40(4)13-11-17/h6-9,14,17,19,23,36H,4-5,10-13H2,1-3H3/t17?,19-,23-,40?/m0/s1. The van der Waals surface area contributed by atoms with Gasteiger partial charge < -0.3 is 10.2 Å². The number of benzene rings is 1. The van der Waals surface area contributed by atoms with Crippen molar-refractivity contribution >= 4 is 55.3 Å². The molecule has 1 N–H and O–H groups in total. The summed E-state index contributed by atoms with van der Waals surface area (Å²) in [6.07, 6.45) is -7.17. The Hall–Kier alpha value is -2.67. The maximum atomic E-state index is 14.2. The molecule has 40 heavy (non-hydrogen) atoms. The minimum Gasteiger partial charge on any atom is -0.354 e. The molecule has 0 saturated carbocycles. The Bertz CT molecular complexity index is 1380. The van der Waals surface area contributed by atoms with Crippen LogP contribution in [0.2, 0.25) is 0 Å². The average molecular weight is 605 g/mol. The van der Waals surface area contributed by atoms with Gasteiger partial charge in [0, 0.05) is 24.2 Å². The molecule has 0 aliphatic carbocycles. The van der Waals surface area contributed by atoms with Crippen LogP contribution in [-0.2, 0) is 4.79 Å². The number of hydrogen-bond acceptors (Lipinski definition) is 5. The van der Waals surface area contributed by atoms with E-state index < -0.39 is 36.1 Å². The van der Waals surface area contributed by atoms with E-state index in [0.29, 0.717) is 22.7 Å². The molecule has 1 aliphatic heterocycles. The van der Waals surface area contributed by atoms with Crippen LogP contribution in [0.15, 0.2) is 30.5 Å². The largest absolute Gasteiger partial charge is 0.413 e. The fourth-order valence-corrected chi connectivity index (χ4v) is 7.33. The van der Waals surface area contributed by atoms with Crippen molar-refractivity contribution in [2.24, 2.45) is 5.92 Å². The molecular weight excluding hydrogens is 574 g/mol. The number of aromatic nitrogens is 2. The number of alkyl halides is 6. The van der Waals surface area contributed by atoms with Crippen molar-refractivity contribution in [1.29, 1.82) is 0 Å².